The highest BCUT2D eigenvalue weighted by Crippen LogP contribution is 2.17. The summed E-state index contributed by atoms with van der Waals surface area (Å²) < 4.78 is 12.5. The maximum absolute atomic E-state index is 12.5. The van der Waals surface area contributed by atoms with Crippen LogP contribution in [-0.4, -0.2) is 44.4 Å². The van der Waals surface area contributed by atoms with E-state index in [1.165, 1.54) is 12.1 Å². The third-order valence-electron chi connectivity index (χ3n) is 3.65. The van der Waals surface area contributed by atoms with Gasteiger partial charge in [0.25, 0.3) is 0 Å². The predicted octanol–water partition coefficient (Wildman–Crippen LogP) is 1.89. The van der Waals surface area contributed by atoms with Crippen molar-refractivity contribution in [1.29, 1.82) is 0 Å². The molecule has 1 fully saturated rings. The first-order valence-electron chi connectivity index (χ1n) is 7.03. The highest BCUT2D eigenvalue weighted by Gasteiger charge is 2.27. The molecule has 0 radical (unpaired) electrons. The molecule has 1 saturated heterocycles. The summed E-state index contributed by atoms with van der Waals surface area (Å²) in [4.78, 5) is 25.4. The highest BCUT2D eigenvalue weighted by atomic mass is 32.2. The van der Waals surface area contributed by atoms with Crippen LogP contribution in [0.5, 0.6) is 0 Å². The molecule has 5 nitrogen and oxygen atoms in total. The standard InChI is InChI=1S/C15H19NO4S/c1-11(14(17)16-8-3-2-4-9-16)21(20)13-7-5-6-12(10-13)15(18)19/h5-7,10-11H,2-4,8-9H2,1H3,(H,18,19). The lowest BCUT2D eigenvalue weighted by atomic mass is 10.1. The van der Waals surface area contributed by atoms with Gasteiger partial charge in [0.05, 0.1) is 16.4 Å². The van der Waals surface area contributed by atoms with Gasteiger partial charge >= 0.3 is 5.97 Å². The van der Waals surface area contributed by atoms with Crippen molar-refractivity contribution in [2.24, 2.45) is 0 Å². The Balaban J connectivity index is 2.13. The molecular formula is C15H19NO4S. The fourth-order valence-corrected chi connectivity index (χ4v) is 3.62. The zero-order chi connectivity index (χ0) is 15.4. The summed E-state index contributed by atoms with van der Waals surface area (Å²) in [5.41, 5.74) is 0.0819. The van der Waals surface area contributed by atoms with Gasteiger partial charge in [-0.05, 0) is 44.4 Å². The van der Waals surface area contributed by atoms with Crippen LogP contribution in [0.3, 0.4) is 0 Å². The fraction of sp³-hybridized carbons (Fsp3) is 0.467. The Bertz CT molecular complexity index is 567. The number of benzene rings is 1. The van der Waals surface area contributed by atoms with Gasteiger partial charge in [0.1, 0.15) is 5.25 Å². The summed E-state index contributed by atoms with van der Waals surface area (Å²) in [5, 5.41) is 8.31. The first kappa shape index (κ1) is 15.7. The predicted molar refractivity (Wildman–Crippen MR) is 79.7 cm³/mol. The Hall–Kier alpha value is -1.69. The smallest absolute Gasteiger partial charge is 0.335 e. The van der Waals surface area contributed by atoms with E-state index in [0.29, 0.717) is 4.90 Å². The second kappa shape index (κ2) is 6.85. The molecule has 2 rings (SSSR count). The molecule has 1 aromatic rings. The number of piperidine rings is 1. The molecule has 0 aliphatic carbocycles. The molecule has 0 aromatic heterocycles. The lowest BCUT2D eigenvalue weighted by Crippen LogP contribution is -2.42. The lowest BCUT2D eigenvalue weighted by Gasteiger charge is -2.28. The molecule has 114 valence electrons. The van der Waals surface area contributed by atoms with Gasteiger partial charge in [0, 0.05) is 18.0 Å². The molecule has 1 aromatic carbocycles. The van der Waals surface area contributed by atoms with Gasteiger partial charge in [0.2, 0.25) is 5.91 Å². The number of amides is 1. The molecule has 6 heteroatoms. The molecule has 0 bridgehead atoms. The van der Waals surface area contributed by atoms with Crippen molar-refractivity contribution >= 4 is 22.7 Å². The Morgan fingerprint density at radius 2 is 1.90 bits per heavy atom. The van der Waals surface area contributed by atoms with Crippen molar-refractivity contribution in [3.8, 4) is 0 Å². The number of carboxylic acids is 1. The van der Waals surface area contributed by atoms with Crippen molar-refractivity contribution in [2.45, 2.75) is 36.3 Å². The third kappa shape index (κ3) is 3.69. The van der Waals surface area contributed by atoms with Gasteiger partial charge in [-0.15, -0.1) is 0 Å². The van der Waals surface area contributed by atoms with Crippen LogP contribution in [0.4, 0.5) is 0 Å². The van der Waals surface area contributed by atoms with E-state index >= 15 is 0 Å². The Labute approximate surface area is 126 Å². The summed E-state index contributed by atoms with van der Waals surface area (Å²) in [6.45, 7) is 3.07. The quantitative estimate of drug-likeness (QED) is 0.921. The molecule has 1 aliphatic heterocycles. The minimum absolute atomic E-state index is 0.0819. The summed E-state index contributed by atoms with van der Waals surface area (Å²) in [6, 6.07) is 5.97. The first-order valence-corrected chi connectivity index (χ1v) is 8.24. The number of likely N-dealkylation sites (tertiary alicyclic amines) is 1. The van der Waals surface area contributed by atoms with E-state index in [2.05, 4.69) is 0 Å². The van der Waals surface area contributed by atoms with Crippen LogP contribution >= 0.6 is 0 Å². The van der Waals surface area contributed by atoms with E-state index in [4.69, 9.17) is 5.11 Å². The third-order valence-corrected chi connectivity index (χ3v) is 5.21. The van der Waals surface area contributed by atoms with E-state index in [0.717, 1.165) is 32.4 Å². The number of hydrogen-bond acceptors (Lipinski definition) is 3. The van der Waals surface area contributed by atoms with Crippen molar-refractivity contribution < 1.29 is 18.9 Å². The minimum Gasteiger partial charge on any atom is -0.478 e. The van der Waals surface area contributed by atoms with E-state index in [9.17, 15) is 13.8 Å². The van der Waals surface area contributed by atoms with Gasteiger partial charge < -0.3 is 10.0 Å². The molecule has 1 N–H and O–H groups in total. The average Bonchev–Trinajstić information content (AvgIpc) is 2.53. The molecule has 1 heterocycles. The summed E-state index contributed by atoms with van der Waals surface area (Å²) in [5.74, 6) is -1.18. The topological polar surface area (TPSA) is 74.7 Å². The number of carbonyl (C=O) groups is 2. The molecule has 1 amide bonds. The number of nitrogens with zero attached hydrogens (tertiary/aromatic N) is 1. The van der Waals surface area contributed by atoms with E-state index in [1.807, 2.05) is 0 Å². The van der Waals surface area contributed by atoms with E-state index in [-0.39, 0.29) is 11.5 Å². The molecule has 2 unspecified atom stereocenters. The average molecular weight is 309 g/mol. The van der Waals surface area contributed by atoms with Crippen LogP contribution in [0.2, 0.25) is 0 Å². The largest absolute Gasteiger partial charge is 0.478 e. The zero-order valence-electron chi connectivity index (χ0n) is 11.9. The maximum Gasteiger partial charge on any atom is 0.335 e. The second-order valence-corrected chi connectivity index (χ2v) is 6.93. The van der Waals surface area contributed by atoms with Crippen LogP contribution in [0.25, 0.3) is 0 Å². The SMILES string of the molecule is CC(C(=O)N1CCCCC1)S(=O)c1cccc(C(=O)O)c1. The number of hydrogen-bond donors (Lipinski definition) is 1. The molecule has 0 saturated carbocycles. The van der Waals surface area contributed by atoms with Gasteiger partial charge in [-0.3, -0.25) is 9.00 Å². The van der Waals surface area contributed by atoms with Crippen LogP contribution in [0, 0.1) is 0 Å². The van der Waals surface area contributed by atoms with Gasteiger partial charge in [0.15, 0.2) is 0 Å². The second-order valence-electron chi connectivity index (χ2n) is 5.16. The summed E-state index contributed by atoms with van der Waals surface area (Å²) >= 11 is 0. The zero-order valence-corrected chi connectivity index (χ0v) is 12.8. The van der Waals surface area contributed by atoms with E-state index < -0.39 is 22.0 Å². The first-order chi connectivity index (χ1) is 10.0. The van der Waals surface area contributed by atoms with Crippen LogP contribution in [0.1, 0.15) is 36.5 Å². The normalized spacial score (nSPS) is 18.0. The Kier molecular flexibility index (Phi) is 5.12. The summed E-state index contributed by atoms with van der Waals surface area (Å²) in [7, 11) is -1.54. The van der Waals surface area contributed by atoms with Crippen LogP contribution in [0.15, 0.2) is 29.2 Å². The molecule has 1 aliphatic rings. The van der Waals surface area contributed by atoms with Crippen LogP contribution < -0.4 is 0 Å². The van der Waals surface area contributed by atoms with Gasteiger partial charge in [-0.1, -0.05) is 6.07 Å². The van der Waals surface area contributed by atoms with Gasteiger partial charge in [-0.25, -0.2) is 4.79 Å². The van der Waals surface area contributed by atoms with Crippen LogP contribution in [-0.2, 0) is 15.6 Å². The molecule has 0 spiro atoms. The van der Waals surface area contributed by atoms with Crippen molar-refractivity contribution in [2.75, 3.05) is 13.1 Å². The molecule has 2 atom stereocenters. The summed E-state index contributed by atoms with van der Waals surface area (Å²) in [6.07, 6.45) is 3.10. The monoisotopic (exact) mass is 309 g/mol. The van der Waals surface area contributed by atoms with Crippen molar-refractivity contribution in [1.82, 2.24) is 4.90 Å². The number of aromatic carboxylic acids is 1. The van der Waals surface area contributed by atoms with Crippen molar-refractivity contribution in [3.63, 3.8) is 0 Å². The van der Waals surface area contributed by atoms with E-state index in [1.54, 1.807) is 24.0 Å². The fourth-order valence-electron chi connectivity index (χ4n) is 2.42. The van der Waals surface area contributed by atoms with Gasteiger partial charge in [-0.2, -0.15) is 0 Å². The minimum atomic E-state index is -1.54. The molecular weight excluding hydrogens is 290 g/mol. The maximum atomic E-state index is 12.5. The highest BCUT2D eigenvalue weighted by molar-refractivity contribution is 7.86. The Morgan fingerprint density at radius 3 is 2.52 bits per heavy atom. The number of carbonyl (C=O) groups excluding carboxylic acids is 1. The number of rotatable bonds is 4. The number of carboxylic acid groups (broad SMARTS) is 1. The molecule has 21 heavy (non-hydrogen) atoms. The Morgan fingerprint density at radius 1 is 1.24 bits per heavy atom. The lowest BCUT2D eigenvalue weighted by molar-refractivity contribution is -0.131. The van der Waals surface area contributed by atoms with Crippen molar-refractivity contribution in [3.05, 3.63) is 29.8 Å².